The third-order valence-electron chi connectivity index (χ3n) is 4.45. The molecule has 1 heterocycles. The lowest BCUT2D eigenvalue weighted by Gasteiger charge is -2.10. The molecular weight excluding hydrogens is 400 g/mol. The normalized spacial score (nSPS) is 11.0. The van der Waals surface area contributed by atoms with Crippen molar-refractivity contribution in [1.29, 1.82) is 0 Å². The van der Waals surface area contributed by atoms with Crippen LogP contribution in [0.2, 0.25) is 0 Å². The standard InChI is InChI=1S/C22H22N4O5/c1-2-3-12-26-22(30)17-10-6-5-9-16(17)20(25-26)21(29)24-23-13-15-8-4-7-11-18(15)31-14-19(27)28/h4-11,13H,2-3,12,14H2,1H3,(H,24,29)(H,27,28). The minimum atomic E-state index is -1.10. The minimum Gasteiger partial charge on any atom is -0.481 e. The van der Waals surface area contributed by atoms with Gasteiger partial charge in [-0.05, 0) is 24.6 Å². The average molecular weight is 422 g/mol. The molecule has 0 spiro atoms. The molecular formula is C22H22N4O5. The highest BCUT2D eigenvalue weighted by Gasteiger charge is 2.16. The zero-order valence-electron chi connectivity index (χ0n) is 16.9. The van der Waals surface area contributed by atoms with Gasteiger partial charge >= 0.3 is 5.97 Å². The third-order valence-corrected chi connectivity index (χ3v) is 4.45. The monoisotopic (exact) mass is 422 g/mol. The molecule has 0 bridgehead atoms. The van der Waals surface area contributed by atoms with Crippen LogP contribution in [0.25, 0.3) is 10.8 Å². The number of aliphatic carboxylic acids is 1. The Morgan fingerprint density at radius 1 is 1.16 bits per heavy atom. The maximum atomic E-state index is 12.8. The SMILES string of the molecule is CCCCn1nc(C(=O)NN=Cc2ccccc2OCC(=O)O)c2ccccc2c1=O. The topological polar surface area (TPSA) is 123 Å². The lowest BCUT2D eigenvalue weighted by molar-refractivity contribution is -0.139. The largest absolute Gasteiger partial charge is 0.481 e. The van der Waals surface area contributed by atoms with Crippen molar-refractivity contribution in [3.05, 3.63) is 70.1 Å². The predicted molar refractivity (Wildman–Crippen MR) is 116 cm³/mol. The van der Waals surface area contributed by atoms with Gasteiger partial charge in [-0.3, -0.25) is 9.59 Å². The highest BCUT2D eigenvalue weighted by Crippen LogP contribution is 2.16. The van der Waals surface area contributed by atoms with Gasteiger partial charge in [-0.15, -0.1) is 0 Å². The van der Waals surface area contributed by atoms with E-state index in [-0.39, 0.29) is 11.3 Å². The van der Waals surface area contributed by atoms with E-state index in [2.05, 4.69) is 15.6 Å². The fraction of sp³-hybridized carbons (Fsp3) is 0.227. The smallest absolute Gasteiger partial charge is 0.341 e. The van der Waals surface area contributed by atoms with E-state index in [0.29, 0.717) is 28.6 Å². The molecule has 0 radical (unpaired) electrons. The Labute approximate surface area is 178 Å². The van der Waals surface area contributed by atoms with Gasteiger partial charge in [0.1, 0.15) is 5.75 Å². The highest BCUT2D eigenvalue weighted by molar-refractivity contribution is 6.05. The van der Waals surface area contributed by atoms with E-state index in [0.717, 1.165) is 12.8 Å². The van der Waals surface area contributed by atoms with Gasteiger partial charge < -0.3 is 9.84 Å². The fourth-order valence-corrected chi connectivity index (χ4v) is 2.93. The summed E-state index contributed by atoms with van der Waals surface area (Å²) >= 11 is 0. The predicted octanol–water partition coefficient (Wildman–Crippen LogP) is 2.42. The number of unbranched alkanes of at least 4 members (excludes halogenated alkanes) is 1. The zero-order valence-corrected chi connectivity index (χ0v) is 16.9. The summed E-state index contributed by atoms with van der Waals surface area (Å²) < 4.78 is 6.52. The van der Waals surface area contributed by atoms with Crippen LogP contribution in [0, 0.1) is 0 Å². The molecule has 0 unspecified atom stereocenters. The molecule has 0 atom stereocenters. The maximum Gasteiger partial charge on any atom is 0.341 e. The van der Waals surface area contributed by atoms with Crippen LogP contribution in [0.4, 0.5) is 0 Å². The number of nitrogens with zero attached hydrogens (tertiary/aromatic N) is 3. The first-order valence-corrected chi connectivity index (χ1v) is 9.78. The number of carboxylic acid groups (broad SMARTS) is 1. The average Bonchev–Trinajstić information content (AvgIpc) is 2.78. The summed E-state index contributed by atoms with van der Waals surface area (Å²) in [5.74, 6) is -1.35. The van der Waals surface area contributed by atoms with E-state index in [1.54, 1.807) is 48.5 Å². The minimum absolute atomic E-state index is 0.0962. The van der Waals surface area contributed by atoms with Crippen LogP contribution in [-0.2, 0) is 11.3 Å². The van der Waals surface area contributed by atoms with Crippen molar-refractivity contribution >= 4 is 28.9 Å². The van der Waals surface area contributed by atoms with Crippen LogP contribution >= 0.6 is 0 Å². The van der Waals surface area contributed by atoms with Crippen molar-refractivity contribution in [2.45, 2.75) is 26.3 Å². The number of hydrogen-bond acceptors (Lipinski definition) is 6. The lowest BCUT2D eigenvalue weighted by Crippen LogP contribution is -2.29. The summed E-state index contributed by atoms with van der Waals surface area (Å²) in [5, 5.41) is 17.8. The number of hydrazone groups is 1. The number of carbonyl (C=O) groups is 2. The Morgan fingerprint density at radius 2 is 1.87 bits per heavy atom. The van der Waals surface area contributed by atoms with Gasteiger partial charge in [-0.2, -0.15) is 10.2 Å². The van der Waals surface area contributed by atoms with Crippen LogP contribution in [0.5, 0.6) is 5.75 Å². The summed E-state index contributed by atoms with van der Waals surface area (Å²) in [6.07, 6.45) is 3.00. The Morgan fingerprint density at radius 3 is 2.61 bits per heavy atom. The molecule has 9 heteroatoms. The van der Waals surface area contributed by atoms with E-state index >= 15 is 0 Å². The molecule has 0 saturated heterocycles. The Kier molecular flexibility index (Phi) is 7.10. The number of hydrogen-bond donors (Lipinski definition) is 2. The number of carbonyl (C=O) groups excluding carboxylic acids is 1. The van der Waals surface area contributed by atoms with Crippen molar-refractivity contribution in [2.75, 3.05) is 6.61 Å². The van der Waals surface area contributed by atoms with Crippen molar-refractivity contribution in [3.8, 4) is 5.75 Å². The second-order valence-corrected chi connectivity index (χ2v) is 6.70. The van der Waals surface area contributed by atoms with Gasteiger partial charge in [0.05, 0.1) is 11.6 Å². The molecule has 0 aliphatic carbocycles. The van der Waals surface area contributed by atoms with E-state index in [1.165, 1.54) is 10.9 Å². The summed E-state index contributed by atoms with van der Waals surface area (Å²) in [5.41, 5.74) is 2.76. The fourth-order valence-electron chi connectivity index (χ4n) is 2.93. The molecule has 9 nitrogen and oxygen atoms in total. The van der Waals surface area contributed by atoms with Crippen LogP contribution in [-0.4, -0.2) is 39.6 Å². The first kappa shape index (κ1) is 21.7. The molecule has 3 aromatic rings. The molecule has 0 aliphatic heterocycles. The van der Waals surface area contributed by atoms with E-state index in [4.69, 9.17) is 9.84 Å². The first-order valence-electron chi connectivity index (χ1n) is 9.78. The maximum absolute atomic E-state index is 12.8. The van der Waals surface area contributed by atoms with Gasteiger partial charge in [-0.1, -0.05) is 43.7 Å². The molecule has 0 fully saturated rings. The third kappa shape index (κ3) is 5.33. The first-order chi connectivity index (χ1) is 15.0. The number of amides is 1. The van der Waals surface area contributed by atoms with Gasteiger partial charge in [0.15, 0.2) is 12.3 Å². The Bertz CT molecular complexity index is 1190. The second-order valence-electron chi connectivity index (χ2n) is 6.70. The number of aromatic nitrogens is 2. The highest BCUT2D eigenvalue weighted by atomic mass is 16.5. The number of para-hydroxylation sites is 1. The number of ether oxygens (including phenoxy) is 1. The lowest BCUT2D eigenvalue weighted by atomic mass is 10.1. The molecule has 31 heavy (non-hydrogen) atoms. The number of benzene rings is 2. The van der Waals surface area contributed by atoms with Crippen molar-refractivity contribution in [3.63, 3.8) is 0 Å². The molecule has 1 amide bonds. The molecule has 0 saturated carbocycles. The summed E-state index contributed by atoms with van der Waals surface area (Å²) in [7, 11) is 0. The number of fused-ring (bicyclic) bond motifs is 1. The van der Waals surface area contributed by atoms with E-state index in [9.17, 15) is 14.4 Å². The van der Waals surface area contributed by atoms with Crippen LogP contribution in [0.15, 0.2) is 58.4 Å². The van der Waals surface area contributed by atoms with Crippen LogP contribution < -0.4 is 15.7 Å². The molecule has 2 aromatic carbocycles. The molecule has 1 aromatic heterocycles. The van der Waals surface area contributed by atoms with Crippen molar-refractivity contribution in [1.82, 2.24) is 15.2 Å². The molecule has 3 rings (SSSR count). The van der Waals surface area contributed by atoms with Gasteiger partial charge in [0.2, 0.25) is 0 Å². The second kappa shape index (κ2) is 10.1. The summed E-state index contributed by atoms with van der Waals surface area (Å²) in [4.78, 5) is 36.1. The van der Waals surface area contributed by atoms with E-state index < -0.39 is 18.5 Å². The van der Waals surface area contributed by atoms with Gasteiger partial charge in [0, 0.05) is 17.5 Å². The number of nitrogens with one attached hydrogen (secondary N) is 1. The zero-order chi connectivity index (χ0) is 22.2. The number of rotatable bonds is 9. The van der Waals surface area contributed by atoms with Crippen molar-refractivity contribution < 1.29 is 19.4 Å². The summed E-state index contributed by atoms with van der Waals surface area (Å²) in [6, 6.07) is 13.5. The summed E-state index contributed by atoms with van der Waals surface area (Å²) in [6.45, 7) is 1.93. The number of aryl methyl sites for hydroxylation is 1. The number of carboxylic acids is 1. The van der Waals surface area contributed by atoms with Crippen LogP contribution in [0.3, 0.4) is 0 Å². The van der Waals surface area contributed by atoms with Gasteiger partial charge in [-0.25, -0.2) is 14.9 Å². The molecule has 2 N–H and O–H groups in total. The van der Waals surface area contributed by atoms with Crippen molar-refractivity contribution in [2.24, 2.45) is 5.10 Å². The Balaban J connectivity index is 1.85. The van der Waals surface area contributed by atoms with Crippen LogP contribution in [0.1, 0.15) is 35.8 Å². The molecule has 0 aliphatic rings. The quantitative estimate of drug-likeness (QED) is 0.403. The Hall–Kier alpha value is -4.01. The molecule has 160 valence electrons. The van der Waals surface area contributed by atoms with Gasteiger partial charge in [0.25, 0.3) is 11.5 Å². The van der Waals surface area contributed by atoms with E-state index in [1.807, 2.05) is 6.92 Å².